The van der Waals surface area contributed by atoms with Crippen LogP contribution >= 0.6 is 0 Å². The molecule has 6 heteroatoms. The highest BCUT2D eigenvalue weighted by Crippen LogP contribution is 2.08. The Morgan fingerprint density at radius 3 is 1.97 bits per heavy atom. The molecule has 154 valence electrons. The van der Waals surface area contributed by atoms with Crippen molar-refractivity contribution in [3.63, 3.8) is 0 Å². The van der Waals surface area contributed by atoms with Gasteiger partial charge in [-0.25, -0.2) is 4.79 Å². The minimum absolute atomic E-state index is 0.0107. The molecule has 1 unspecified atom stereocenters. The molecule has 0 aliphatic heterocycles. The van der Waals surface area contributed by atoms with Gasteiger partial charge in [-0.15, -0.1) is 0 Å². The molecule has 0 radical (unpaired) electrons. The molecule has 3 rings (SSSR count). The van der Waals surface area contributed by atoms with Crippen LogP contribution in [0, 0.1) is 0 Å². The molecule has 1 atom stereocenters. The summed E-state index contributed by atoms with van der Waals surface area (Å²) >= 11 is 0. The van der Waals surface area contributed by atoms with Gasteiger partial charge in [0, 0.05) is 11.3 Å². The van der Waals surface area contributed by atoms with Crippen molar-refractivity contribution in [2.75, 3.05) is 12.3 Å². The molecule has 0 heterocycles. The van der Waals surface area contributed by atoms with Gasteiger partial charge in [0.2, 0.25) is 0 Å². The van der Waals surface area contributed by atoms with Crippen LogP contribution in [0.1, 0.15) is 21.5 Å². The van der Waals surface area contributed by atoms with Crippen molar-refractivity contribution >= 4 is 17.6 Å². The van der Waals surface area contributed by atoms with Crippen LogP contribution in [0.3, 0.4) is 0 Å². The van der Waals surface area contributed by atoms with E-state index < -0.39 is 17.9 Å². The fraction of sp³-hybridized carbons (Fsp3) is 0.167. The lowest BCUT2D eigenvalue weighted by molar-refractivity contribution is -0.149. The molecule has 0 saturated carbocycles. The molecule has 3 aromatic carbocycles. The molecule has 0 aliphatic rings. The van der Waals surface area contributed by atoms with Crippen molar-refractivity contribution in [2.45, 2.75) is 19.3 Å². The second-order valence-corrected chi connectivity index (χ2v) is 6.74. The van der Waals surface area contributed by atoms with E-state index in [1.165, 1.54) is 0 Å². The molecule has 0 bridgehead atoms. The average molecular weight is 404 g/mol. The third-order valence-electron chi connectivity index (χ3n) is 4.38. The van der Waals surface area contributed by atoms with Crippen molar-refractivity contribution in [2.24, 2.45) is 0 Å². The highest BCUT2D eigenvalue weighted by atomic mass is 16.5. The standard InChI is InChI=1S/C24H24N2O4/c25-21-13-11-20(12-14-21)23(27)26-22(17-29-15-18-7-3-1-4-8-18)24(28)30-16-19-9-5-2-6-10-19/h1-14,22H,15-17,25H2,(H,26,27). The molecule has 0 saturated heterocycles. The van der Waals surface area contributed by atoms with Crippen molar-refractivity contribution < 1.29 is 19.1 Å². The lowest BCUT2D eigenvalue weighted by atomic mass is 10.2. The van der Waals surface area contributed by atoms with E-state index in [1.54, 1.807) is 24.3 Å². The van der Waals surface area contributed by atoms with Gasteiger partial charge >= 0.3 is 5.97 Å². The van der Waals surface area contributed by atoms with Crippen LogP contribution in [0.15, 0.2) is 84.9 Å². The monoisotopic (exact) mass is 404 g/mol. The molecule has 0 aromatic heterocycles. The highest BCUT2D eigenvalue weighted by molar-refractivity contribution is 5.97. The summed E-state index contributed by atoms with van der Waals surface area (Å²) in [6.45, 7) is 0.427. The van der Waals surface area contributed by atoms with Gasteiger partial charge in [0.1, 0.15) is 6.61 Å². The summed E-state index contributed by atoms with van der Waals surface area (Å²) in [5.41, 5.74) is 8.45. The number of nitrogen functional groups attached to an aromatic ring is 1. The average Bonchev–Trinajstić information content (AvgIpc) is 2.78. The number of nitrogens with two attached hydrogens (primary N) is 1. The van der Waals surface area contributed by atoms with Gasteiger partial charge in [0.25, 0.3) is 5.91 Å². The second kappa shape index (κ2) is 10.8. The van der Waals surface area contributed by atoms with Crippen molar-refractivity contribution in [1.82, 2.24) is 5.32 Å². The third kappa shape index (κ3) is 6.46. The number of rotatable bonds is 9. The first-order valence-corrected chi connectivity index (χ1v) is 9.60. The maximum Gasteiger partial charge on any atom is 0.331 e. The van der Waals surface area contributed by atoms with Gasteiger partial charge in [0.15, 0.2) is 6.04 Å². The van der Waals surface area contributed by atoms with Gasteiger partial charge in [-0.2, -0.15) is 0 Å². The van der Waals surface area contributed by atoms with E-state index in [4.69, 9.17) is 15.2 Å². The number of ether oxygens (including phenoxy) is 2. The number of carbonyl (C=O) groups excluding carboxylic acids is 2. The van der Waals surface area contributed by atoms with E-state index in [1.807, 2.05) is 60.7 Å². The van der Waals surface area contributed by atoms with Crippen LogP contribution in [0.5, 0.6) is 0 Å². The number of anilines is 1. The zero-order valence-electron chi connectivity index (χ0n) is 16.5. The molecule has 3 aromatic rings. The fourth-order valence-corrected chi connectivity index (χ4v) is 2.74. The number of benzene rings is 3. The van der Waals surface area contributed by atoms with Gasteiger partial charge in [-0.1, -0.05) is 60.7 Å². The summed E-state index contributed by atoms with van der Waals surface area (Å²) in [6.07, 6.45) is 0. The van der Waals surface area contributed by atoms with Gasteiger partial charge in [0.05, 0.1) is 13.2 Å². The maximum absolute atomic E-state index is 12.6. The molecule has 3 N–H and O–H groups in total. The normalized spacial score (nSPS) is 11.5. The van der Waals surface area contributed by atoms with Gasteiger partial charge in [-0.05, 0) is 35.4 Å². The minimum atomic E-state index is -0.942. The van der Waals surface area contributed by atoms with Crippen molar-refractivity contribution in [1.29, 1.82) is 0 Å². The Labute approximate surface area is 175 Å². The van der Waals surface area contributed by atoms with Gasteiger partial charge < -0.3 is 20.5 Å². The summed E-state index contributed by atoms with van der Waals surface area (Å²) in [5, 5.41) is 2.70. The van der Waals surface area contributed by atoms with Gasteiger partial charge in [-0.3, -0.25) is 4.79 Å². The predicted molar refractivity (Wildman–Crippen MR) is 114 cm³/mol. The van der Waals surface area contributed by atoms with Crippen LogP contribution in [0.4, 0.5) is 5.69 Å². The highest BCUT2D eigenvalue weighted by Gasteiger charge is 2.23. The number of hydrogen-bond donors (Lipinski definition) is 2. The summed E-state index contributed by atoms with van der Waals surface area (Å²) in [4.78, 5) is 25.2. The zero-order chi connectivity index (χ0) is 21.2. The Morgan fingerprint density at radius 2 is 1.37 bits per heavy atom. The van der Waals surface area contributed by atoms with Crippen LogP contribution in [0.25, 0.3) is 0 Å². The van der Waals surface area contributed by atoms with Crippen LogP contribution in [-0.2, 0) is 27.5 Å². The number of hydrogen-bond acceptors (Lipinski definition) is 5. The van der Waals surface area contributed by atoms with E-state index in [9.17, 15) is 9.59 Å². The summed E-state index contributed by atoms with van der Waals surface area (Å²) in [6, 6.07) is 24.4. The zero-order valence-corrected chi connectivity index (χ0v) is 16.5. The number of esters is 1. The van der Waals surface area contributed by atoms with E-state index in [-0.39, 0.29) is 13.2 Å². The number of nitrogens with one attached hydrogen (secondary N) is 1. The quantitative estimate of drug-likeness (QED) is 0.422. The minimum Gasteiger partial charge on any atom is -0.459 e. The summed E-state index contributed by atoms with van der Waals surface area (Å²) in [5.74, 6) is -0.962. The van der Waals surface area contributed by atoms with Crippen LogP contribution in [0.2, 0.25) is 0 Å². The number of amides is 1. The maximum atomic E-state index is 12.6. The summed E-state index contributed by atoms with van der Waals surface area (Å²) < 4.78 is 11.1. The summed E-state index contributed by atoms with van der Waals surface area (Å²) in [7, 11) is 0. The Morgan fingerprint density at radius 1 is 0.800 bits per heavy atom. The van der Waals surface area contributed by atoms with E-state index in [0.29, 0.717) is 17.9 Å². The predicted octanol–water partition coefficient (Wildman–Crippen LogP) is 3.33. The van der Waals surface area contributed by atoms with E-state index in [2.05, 4.69) is 5.32 Å². The molecule has 30 heavy (non-hydrogen) atoms. The lowest BCUT2D eigenvalue weighted by Crippen LogP contribution is -2.45. The molecule has 0 spiro atoms. The van der Waals surface area contributed by atoms with E-state index in [0.717, 1.165) is 11.1 Å². The first-order chi connectivity index (χ1) is 14.6. The smallest absolute Gasteiger partial charge is 0.331 e. The van der Waals surface area contributed by atoms with Crippen molar-refractivity contribution in [3.05, 3.63) is 102 Å². The fourth-order valence-electron chi connectivity index (χ4n) is 2.74. The lowest BCUT2D eigenvalue weighted by Gasteiger charge is -2.18. The molecule has 0 fully saturated rings. The SMILES string of the molecule is Nc1ccc(C(=O)NC(COCc2ccccc2)C(=O)OCc2ccccc2)cc1. The van der Waals surface area contributed by atoms with E-state index >= 15 is 0 Å². The topological polar surface area (TPSA) is 90.7 Å². The Kier molecular flexibility index (Phi) is 7.58. The molecule has 0 aliphatic carbocycles. The van der Waals surface area contributed by atoms with Crippen LogP contribution < -0.4 is 11.1 Å². The number of carbonyl (C=O) groups is 2. The van der Waals surface area contributed by atoms with Crippen molar-refractivity contribution in [3.8, 4) is 0 Å². The molecular formula is C24H24N2O4. The molecular weight excluding hydrogens is 380 g/mol. The largest absolute Gasteiger partial charge is 0.459 e. The Hall–Kier alpha value is -3.64. The molecule has 1 amide bonds. The molecule has 6 nitrogen and oxygen atoms in total. The first-order valence-electron chi connectivity index (χ1n) is 9.60. The third-order valence-corrected chi connectivity index (χ3v) is 4.38. The van der Waals surface area contributed by atoms with Crippen LogP contribution in [-0.4, -0.2) is 24.5 Å². The Balaban J connectivity index is 1.62. The Bertz CT molecular complexity index is 944. The second-order valence-electron chi connectivity index (χ2n) is 6.74. The first kappa shape index (κ1) is 21.1.